The van der Waals surface area contributed by atoms with Gasteiger partial charge in [0.1, 0.15) is 6.33 Å². The van der Waals surface area contributed by atoms with Crippen molar-refractivity contribution < 1.29 is 0 Å². The molecule has 0 amide bonds. The molecule has 2 aromatic rings. The van der Waals surface area contributed by atoms with Crippen LogP contribution in [-0.2, 0) is 6.54 Å². The summed E-state index contributed by atoms with van der Waals surface area (Å²) in [5, 5.41) is 0.664. The fourth-order valence-electron chi connectivity index (χ4n) is 1.35. The molecule has 0 radical (unpaired) electrons. The number of benzene rings is 1. The highest BCUT2D eigenvalue weighted by molar-refractivity contribution is 6.30. The summed E-state index contributed by atoms with van der Waals surface area (Å²) in [5.74, 6) is 0. The number of aromatic nitrogens is 2. The minimum atomic E-state index is -0.285. The van der Waals surface area contributed by atoms with Gasteiger partial charge in [0, 0.05) is 29.0 Å². The second-order valence-corrected chi connectivity index (χ2v) is 3.73. The summed E-state index contributed by atoms with van der Waals surface area (Å²) < 4.78 is 1.74. The van der Waals surface area contributed by atoms with Crippen LogP contribution >= 0.6 is 11.6 Å². The summed E-state index contributed by atoms with van der Waals surface area (Å²) in [6.07, 6.45) is 3.14. The van der Waals surface area contributed by atoms with Crippen LogP contribution in [0.5, 0.6) is 0 Å². The lowest BCUT2D eigenvalue weighted by Gasteiger charge is -2.06. The third-order valence-electron chi connectivity index (χ3n) is 2.21. The molecule has 1 heterocycles. The second-order valence-electron chi connectivity index (χ2n) is 3.29. The topological polar surface area (TPSA) is 60.9 Å². The minimum Gasteiger partial charge on any atom is -0.326 e. The van der Waals surface area contributed by atoms with Gasteiger partial charge in [0.25, 0.3) is 5.56 Å². The van der Waals surface area contributed by atoms with Crippen molar-refractivity contribution in [2.75, 3.05) is 0 Å². The fraction of sp³-hybridized carbons (Fsp3) is 0.0909. The number of hydrogen-bond donors (Lipinski definition) is 1. The molecule has 2 rings (SSSR count). The Morgan fingerprint density at radius 1 is 1.31 bits per heavy atom. The Kier molecular flexibility index (Phi) is 3.03. The average molecular weight is 236 g/mol. The molecule has 0 saturated heterocycles. The predicted octanol–water partition coefficient (Wildman–Crippen LogP) is 1.34. The molecule has 82 valence electrons. The fourth-order valence-corrected chi connectivity index (χ4v) is 1.47. The predicted molar refractivity (Wildman–Crippen MR) is 62.7 cm³/mol. The van der Waals surface area contributed by atoms with Crippen LogP contribution in [0.25, 0.3) is 5.69 Å². The van der Waals surface area contributed by atoms with E-state index in [4.69, 9.17) is 17.3 Å². The van der Waals surface area contributed by atoms with Crippen molar-refractivity contribution in [3.63, 3.8) is 0 Å². The maximum atomic E-state index is 11.3. The number of halogens is 1. The molecule has 5 heteroatoms. The van der Waals surface area contributed by atoms with Crippen LogP contribution < -0.4 is 11.3 Å². The van der Waals surface area contributed by atoms with Crippen molar-refractivity contribution >= 4 is 11.6 Å². The zero-order chi connectivity index (χ0) is 11.5. The smallest absolute Gasteiger partial charge is 0.277 e. The van der Waals surface area contributed by atoms with E-state index < -0.39 is 0 Å². The van der Waals surface area contributed by atoms with Crippen molar-refractivity contribution in [3.05, 3.63) is 57.7 Å². The normalized spacial score (nSPS) is 10.4. The Balaban J connectivity index is 2.48. The number of nitrogens with zero attached hydrogens (tertiary/aromatic N) is 2. The monoisotopic (exact) mass is 235 g/mol. The van der Waals surface area contributed by atoms with E-state index in [0.29, 0.717) is 10.6 Å². The lowest BCUT2D eigenvalue weighted by Crippen LogP contribution is -2.18. The van der Waals surface area contributed by atoms with Crippen LogP contribution in [0.3, 0.4) is 0 Å². The standard InChI is InChI=1S/C11H10ClN3O/c12-9-1-3-10(4-2-9)15-6-8(5-13)11(16)14-7-15/h1-4,6-7H,5,13H2. The zero-order valence-corrected chi connectivity index (χ0v) is 9.19. The zero-order valence-electron chi connectivity index (χ0n) is 8.43. The van der Waals surface area contributed by atoms with Crippen molar-refractivity contribution in [1.29, 1.82) is 0 Å². The first-order chi connectivity index (χ1) is 7.70. The van der Waals surface area contributed by atoms with Gasteiger partial charge in [0.15, 0.2) is 0 Å². The minimum absolute atomic E-state index is 0.181. The molecule has 0 aliphatic heterocycles. The molecule has 0 aliphatic carbocycles. The highest BCUT2D eigenvalue weighted by Crippen LogP contribution is 2.12. The van der Waals surface area contributed by atoms with E-state index >= 15 is 0 Å². The van der Waals surface area contributed by atoms with Crippen LogP contribution in [0.1, 0.15) is 5.56 Å². The SMILES string of the molecule is NCc1cn(-c2ccc(Cl)cc2)cnc1=O. The Bertz CT molecular complexity index is 548. The lowest BCUT2D eigenvalue weighted by molar-refractivity contribution is 0.899. The summed E-state index contributed by atoms with van der Waals surface area (Å²) in [6.45, 7) is 0.181. The lowest BCUT2D eigenvalue weighted by atomic mass is 10.3. The number of nitrogens with two attached hydrogens (primary N) is 1. The Hall–Kier alpha value is -1.65. The molecular formula is C11H10ClN3O. The third-order valence-corrected chi connectivity index (χ3v) is 2.47. The second kappa shape index (κ2) is 4.47. The molecule has 0 unspecified atom stereocenters. The molecule has 4 nitrogen and oxygen atoms in total. The van der Waals surface area contributed by atoms with Gasteiger partial charge in [0.2, 0.25) is 0 Å². The van der Waals surface area contributed by atoms with Crippen LogP contribution in [-0.4, -0.2) is 9.55 Å². The summed E-state index contributed by atoms with van der Waals surface area (Å²) in [4.78, 5) is 15.0. The molecule has 1 aromatic heterocycles. The molecule has 0 fully saturated rings. The Morgan fingerprint density at radius 2 is 2.00 bits per heavy atom. The van der Waals surface area contributed by atoms with Crippen LogP contribution in [0.2, 0.25) is 5.02 Å². The molecular weight excluding hydrogens is 226 g/mol. The quantitative estimate of drug-likeness (QED) is 0.855. The van der Waals surface area contributed by atoms with Gasteiger partial charge in [-0.1, -0.05) is 11.6 Å². The highest BCUT2D eigenvalue weighted by Gasteiger charge is 2.00. The first-order valence-electron chi connectivity index (χ1n) is 4.74. The van der Waals surface area contributed by atoms with Crippen LogP contribution in [0.4, 0.5) is 0 Å². The maximum absolute atomic E-state index is 11.3. The van der Waals surface area contributed by atoms with E-state index in [-0.39, 0.29) is 12.1 Å². The first kappa shape index (κ1) is 10.9. The summed E-state index contributed by atoms with van der Waals surface area (Å²) >= 11 is 5.79. The van der Waals surface area contributed by atoms with E-state index in [1.807, 2.05) is 12.1 Å². The summed E-state index contributed by atoms with van der Waals surface area (Å²) in [6, 6.07) is 7.23. The van der Waals surface area contributed by atoms with Crippen molar-refractivity contribution in [2.24, 2.45) is 5.73 Å². The van der Waals surface area contributed by atoms with Crippen molar-refractivity contribution in [1.82, 2.24) is 9.55 Å². The van der Waals surface area contributed by atoms with Gasteiger partial charge in [-0.05, 0) is 24.3 Å². The molecule has 0 spiro atoms. The molecule has 2 N–H and O–H groups in total. The Labute approximate surface area is 97.3 Å². The van der Waals surface area contributed by atoms with Gasteiger partial charge in [-0.15, -0.1) is 0 Å². The molecule has 0 aliphatic rings. The first-order valence-corrected chi connectivity index (χ1v) is 5.11. The molecule has 0 atom stereocenters. The molecule has 1 aromatic carbocycles. The van der Waals surface area contributed by atoms with Gasteiger partial charge in [-0.25, -0.2) is 0 Å². The van der Waals surface area contributed by atoms with Crippen molar-refractivity contribution in [2.45, 2.75) is 6.54 Å². The number of rotatable bonds is 2. The van der Waals surface area contributed by atoms with Crippen LogP contribution in [0, 0.1) is 0 Å². The van der Waals surface area contributed by atoms with E-state index in [9.17, 15) is 4.79 Å². The third kappa shape index (κ3) is 2.13. The van der Waals surface area contributed by atoms with E-state index in [1.54, 1.807) is 22.9 Å². The summed E-state index contributed by atoms with van der Waals surface area (Å²) in [7, 11) is 0. The molecule has 0 bridgehead atoms. The van der Waals surface area contributed by atoms with Gasteiger partial charge < -0.3 is 10.3 Å². The molecule has 16 heavy (non-hydrogen) atoms. The average Bonchev–Trinajstić information content (AvgIpc) is 2.31. The summed E-state index contributed by atoms with van der Waals surface area (Å²) in [5.41, 5.74) is 6.53. The highest BCUT2D eigenvalue weighted by atomic mass is 35.5. The van der Waals surface area contributed by atoms with Gasteiger partial charge in [-0.2, -0.15) is 4.98 Å². The van der Waals surface area contributed by atoms with Gasteiger partial charge >= 0.3 is 0 Å². The number of hydrogen-bond acceptors (Lipinski definition) is 3. The largest absolute Gasteiger partial charge is 0.326 e. The Morgan fingerprint density at radius 3 is 2.62 bits per heavy atom. The van der Waals surface area contributed by atoms with Gasteiger partial charge in [0.05, 0.1) is 0 Å². The van der Waals surface area contributed by atoms with E-state index in [2.05, 4.69) is 4.98 Å². The van der Waals surface area contributed by atoms with E-state index in [0.717, 1.165) is 5.69 Å². The molecule has 0 saturated carbocycles. The van der Waals surface area contributed by atoms with E-state index in [1.165, 1.54) is 6.33 Å². The van der Waals surface area contributed by atoms with Crippen molar-refractivity contribution in [3.8, 4) is 5.69 Å². The van der Waals surface area contributed by atoms with Crippen LogP contribution in [0.15, 0.2) is 41.6 Å². The maximum Gasteiger partial charge on any atom is 0.277 e. The van der Waals surface area contributed by atoms with Gasteiger partial charge in [-0.3, -0.25) is 4.79 Å².